The van der Waals surface area contributed by atoms with Crippen LogP contribution in [-0.4, -0.2) is 19.3 Å². The number of fused-ring (bicyclic) bond motifs is 1. The Morgan fingerprint density at radius 3 is 2.50 bits per heavy atom. The highest BCUT2D eigenvalue weighted by molar-refractivity contribution is 5.50. The maximum absolute atomic E-state index is 10.1. The molecule has 1 N–H and O–H groups in total. The van der Waals surface area contributed by atoms with Crippen LogP contribution in [0.1, 0.15) is 36.5 Å². The zero-order valence-electron chi connectivity index (χ0n) is 9.82. The smallest absolute Gasteiger partial charge is 0.125 e. The van der Waals surface area contributed by atoms with E-state index in [-0.39, 0.29) is 0 Å². The number of ether oxygens (including phenoxy) is 2. The van der Waals surface area contributed by atoms with E-state index in [9.17, 15) is 5.11 Å². The second-order valence-electron chi connectivity index (χ2n) is 4.12. The van der Waals surface area contributed by atoms with Gasteiger partial charge < -0.3 is 14.6 Å². The molecule has 0 amide bonds. The lowest BCUT2D eigenvalue weighted by Gasteiger charge is -2.18. The molecule has 1 aromatic rings. The van der Waals surface area contributed by atoms with Crippen molar-refractivity contribution in [2.45, 2.75) is 31.8 Å². The van der Waals surface area contributed by atoms with Gasteiger partial charge in [-0.1, -0.05) is 6.42 Å². The van der Waals surface area contributed by atoms with Gasteiger partial charge in [-0.2, -0.15) is 0 Å². The number of benzene rings is 1. The Kier molecular flexibility index (Phi) is 3.34. The Labute approximate surface area is 96.0 Å². The standard InChI is InChI=1S/C13H18O3/c1-15-11-7-8-12(16-2)13-9(11)5-3-4-6-10(13)14/h7-8,10,14H,3-6H2,1-2H3/t10-/m1/s1. The van der Waals surface area contributed by atoms with Crippen LogP contribution in [0, 0.1) is 0 Å². The summed E-state index contributed by atoms with van der Waals surface area (Å²) < 4.78 is 10.7. The van der Waals surface area contributed by atoms with Crippen molar-refractivity contribution in [1.29, 1.82) is 0 Å². The molecule has 1 aliphatic rings. The molecule has 2 rings (SSSR count). The van der Waals surface area contributed by atoms with Crippen LogP contribution < -0.4 is 9.47 Å². The molecular formula is C13H18O3. The summed E-state index contributed by atoms with van der Waals surface area (Å²) in [7, 11) is 3.30. The Bertz CT molecular complexity index is 374. The predicted octanol–water partition coefficient (Wildman–Crippen LogP) is 2.46. The van der Waals surface area contributed by atoms with E-state index in [0.29, 0.717) is 0 Å². The maximum Gasteiger partial charge on any atom is 0.125 e. The summed E-state index contributed by atoms with van der Waals surface area (Å²) in [6.45, 7) is 0. The molecule has 1 aliphatic carbocycles. The van der Waals surface area contributed by atoms with Gasteiger partial charge in [0.15, 0.2) is 0 Å². The van der Waals surface area contributed by atoms with E-state index in [0.717, 1.165) is 48.3 Å². The van der Waals surface area contributed by atoms with Crippen molar-refractivity contribution in [3.05, 3.63) is 23.3 Å². The van der Waals surface area contributed by atoms with Gasteiger partial charge in [0, 0.05) is 11.1 Å². The minimum absolute atomic E-state index is 0.428. The predicted molar refractivity (Wildman–Crippen MR) is 62.1 cm³/mol. The molecule has 0 unspecified atom stereocenters. The van der Waals surface area contributed by atoms with E-state index >= 15 is 0 Å². The van der Waals surface area contributed by atoms with Crippen molar-refractivity contribution in [2.75, 3.05) is 14.2 Å². The largest absolute Gasteiger partial charge is 0.496 e. The van der Waals surface area contributed by atoms with E-state index < -0.39 is 6.10 Å². The van der Waals surface area contributed by atoms with Crippen LogP contribution in [0.5, 0.6) is 11.5 Å². The maximum atomic E-state index is 10.1. The monoisotopic (exact) mass is 222 g/mol. The molecule has 0 aromatic heterocycles. The first-order valence-electron chi connectivity index (χ1n) is 5.69. The van der Waals surface area contributed by atoms with E-state index in [1.165, 1.54) is 0 Å². The second-order valence-corrected chi connectivity index (χ2v) is 4.12. The van der Waals surface area contributed by atoms with Gasteiger partial charge in [0.2, 0.25) is 0 Å². The summed E-state index contributed by atoms with van der Waals surface area (Å²) in [6, 6.07) is 3.78. The summed E-state index contributed by atoms with van der Waals surface area (Å²) in [5.41, 5.74) is 2.02. The van der Waals surface area contributed by atoms with Crippen molar-refractivity contribution < 1.29 is 14.6 Å². The number of rotatable bonds is 2. The SMILES string of the molecule is COc1ccc(OC)c2c1CCCC[C@H]2O. The fraction of sp³-hybridized carbons (Fsp3) is 0.538. The third-order valence-electron chi connectivity index (χ3n) is 3.20. The first kappa shape index (κ1) is 11.3. The van der Waals surface area contributed by atoms with Crippen LogP contribution >= 0.6 is 0 Å². The molecule has 0 saturated carbocycles. The average Bonchev–Trinajstić information content (AvgIpc) is 2.51. The highest BCUT2D eigenvalue weighted by Crippen LogP contribution is 2.39. The zero-order chi connectivity index (χ0) is 11.5. The number of aliphatic hydroxyl groups is 1. The van der Waals surface area contributed by atoms with Crippen LogP contribution in [0.15, 0.2) is 12.1 Å². The molecule has 0 spiro atoms. The van der Waals surface area contributed by atoms with E-state index in [1.807, 2.05) is 12.1 Å². The molecule has 0 heterocycles. The van der Waals surface area contributed by atoms with Gasteiger partial charge in [0.05, 0.1) is 20.3 Å². The summed E-state index contributed by atoms with van der Waals surface area (Å²) >= 11 is 0. The van der Waals surface area contributed by atoms with Gasteiger partial charge in [-0.3, -0.25) is 0 Å². The number of aliphatic hydroxyl groups excluding tert-OH is 1. The third kappa shape index (κ3) is 1.87. The van der Waals surface area contributed by atoms with E-state index in [2.05, 4.69) is 0 Å². The fourth-order valence-electron chi connectivity index (χ4n) is 2.40. The topological polar surface area (TPSA) is 38.7 Å². The molecule has 0 aliphatic heterocycles. The number of hydrogen-bond acceptors (Lipinski definition) is 3. The number of methoxy groups -OCH3 is 2. The first-order chi connectivity index (χ1) is 7.77. The molecule has 3 nitrogen and oxygen atoms in total. The number of hydrogen-bond donors (Lipinski definition) is 1. The van der Waals surface area contributed by atoms with Crippen LogP contribution in [0.4, 0.5) is 0 Å². The molecule has 0 bridgehead atoms. The summed E-state index contributed by atoms with van der Waals surface area (Å²) in [5.74, 6) is 1.63. The molecule has 16 heavy (non-hydrogen) atoms. The Balaban J connectivity index is 2.56. The molecular weight excluding hydrogens is 204 g/mol. The van der Waals surface area contributed by atoms with Crippen LogP contribution in [0.25, 0.3) is 0 Å². The van der Waals surface area contributed by atoms with Gasteiger partial charge in [-0.05, 0) is 31.4 Å². The zero-order valence-corrected chi connectivity index (χ0v) is 9.82. The molecule has 1 atom stereocenters. The first-order valence-corrected chi connectivity index (χ1v) is 5.69. The highest BCUT2D eigenvalue weighted by Gasteiger charge is 2.23. The lowest BCUT2D eigenvalue weighted by atomic mass is 9.99. The van der Waals surface area contributed by atoms with Crippen molar-refractivity contribution >= 4 is 0 Å². The van der Waals surface area contributed by atoms with Gasteiger partial charge in [0.25, 0.3) is 0 Å². The minimum Gasteiger partial charge on any atom is -0.496 e. The summed E-state index contributed by atoms with van der Waals surface area (Å²) in [5, 5.41) is 10.1. The van der Waals surface area contributed by atoms with Crippen LogP contribution in [-0.2, 0) is 6.42 Å². The van der Waals surface area contributed by atoms with Crippen molar-refractivity contribution in [3.8, 4) is 11.5 Å². The van der Waals surface area contributed by atoms with Crippen molar-refractivity contribution in [1.82, 2.24) is 0 Å². The quantitative estimate of drug-likeness (QED) is 0.781. The normalized spacial score (nSPS) is 19.8. The van der Waals surface area contributed by atoms with Gasteiger partial charge in [0.1, 0.15) is 11.5 Å². The lowest BCUT2D eigenvalue weighted by molar-refractivity contribution is 0.162. The molecule has 0 radical (unpaired) electrons. The Morgan fingerprint density at radius 1 is 1.12 bits per heavy atom. The fourth-order valence-corrected chi connectivity index (χ4v) is 2.40. The molecule has 88 valence electrons. The molecule has 0 saturated heterocycles. The average molecular weight is 222 g/mol. The minimum atomic E-state index is -0.428. The van der Waals surface area contributed by atoms with Crippen molar-refractivity contribution in [3.63, 3.8) is 0 Å². The van der Waals surface area contributed by atoms with E-state index in [1.54, 1.807) is 14.2 Å². The molecule has 1 aromatic carbocycles. The summed E-state index contributed by atoms with van der Waals surface area (Å²) in [6.07, 6.45) is 3.46. The highest BCUT2D eigenvalue weighted by atomic mass is 16.5. The third-order valence-corrected chi connectivity index (χ3v) is 3.20. The van der Waals surface area contributed by atoms with Gasteiger partial charge in [-0.25, -0.2) is 0 Å². The lowest BCUT2D eigenvalue weighted by Crippen LogP contribution is -2.04. The summed E-state index contributed by atoms with van der Waals surface area (Å²) in [4.78, 5) is 0. The van der Waals surface area contributed by atoms with Crippen molar-refractivity contribution in [2.24, 2.45) is 0 Å². The van der Waals surface area contributed by atoms with Crippen LogP contribution in [0.2, 0.25) is 0 Å². The Hall–Kier alpha value is -1.22. The molecule has 3 heteroatoms. The van der Waals surface area contributed by atoms with Gasteiger partial charge in [-0.15, -0.1) is 0 Å². The Morgan fingerprint density at radius 2 is 1.81 bits per heavy atom. The van der Waals surface area contributed by atoms with Crippen LogP contribution in [0.3, 0.4) is 0 Å². The second kappa shape index (κ2) is 4.74. The van der Waals surface area contributed by atoms with Gasteiger partial charge >= 0.3 is 0 Å². The van der Waals surface area contributed by atoms with E-state index in [4.69, 9.17) is 9.47 Å². The molecule has 0 fully saturated rings.